The van der Waals surface area contributed by atoms with E-state index in [0.29, 0.717) is 13.2 Å². The van der Waals surface area contributed by atoms with Gasteiger partial charge in [-0.15, -0.1) is 6.58 Å². The molecule has 0 amide bonds. The zero-order valence-corrected chi connectivity index (χ0v) is 21.2. The molecule has 188 valence electrons. The van der Waals surface area contributed by atoms with Crippen molar-refractivity contribution in [3.05, 3.63) is 109 Å². The summed E-state index contributed by atoms with van der Waals surface area (Å²) in [5.41, 5.74) is 3.27. The standard InChI is InChI=1S/C32H32N2O3/c1-3-10-24-15-18-30(31(21-24)35-2)36-20-9-8-19-34-29-14-7-6-13-28(29)33-32(34)23-37-27-17-16-25-11-4-5-12-26(25)22-27/h3-7,11-18,21-22H,1,8-10,19-20,23H2,2H3. The molecule has 0 aliphatic rings. The number of nitrogens with zero attached hydrogens (tertiary/aromatic N) is 2. The Bertz CT molecular complexity index is 1510. The topological polar surface area (TPSA) is 45.5 Å². The molecule has 5 nitrogen and oxygen atoms in total. The largest absolute Gasteiger partial charge is 0.493 e. The number of hydrogen-bond acceptors (Lipinski definition) is 4. The summed E-state index contributed by atoms with van der Waals surface area (Å²) in [6, 6.07) is 28.8. The van der Waals surface area contributed by atoms with E-state index in [2.05, 4.69) is 59.7 Å². The Morgan fingerprint density at radius 3 is 2.54 bits per heavy atom. The van der Waals surface area contributed by atoms with Gasteiger partial charge in [0.05, 0.1) is 24.8 Å². The number of unbranched alkanes of at least 4 members (excludes halogenated alkanes) is 1. The molecule has 0 atom stereocenters. The van der Waals surface area contributed by atoms with Crippen LogP contribution >= 0.6 is 0 Å². The molecule has 5 aromatic rings. The number of fused-ring (bicyclic) bond motifs is 2. The molecule has 4 aromatic carbocycles. The minimum atomic E-state index is 0.414. The van der Waals surface area contributed by atoms with Gasteiger partial charge in [-0.25, -0.2) is 4.98 Å². The highest BCUT2D eigenvalue weighted by atomic mass is 16.5. The predicted octanol–water partition coefficient (Wildman–Crippen LogP) is 7.36. The Balaban J connectivity index is 1.22. The Morgan fingerprint density at radius 1 is 0.838 bits per heavy atom. The van der Waals surface area contributed by atoms with Gasteiger partial charge in [0.2, 0.25) is 0 Å². The highest BCUT2D eigenvalue weighted by Crippen LogP contribution is 2.29. The number of para-hydroxylation sites is 2. The van der Waals surface area contributed by atoms with Crippen molar-refractivity contribution in [3.63, 3.8) is 0 Å². The minimum absolute atomic E-state index is 0.414. The molecule has 0 saturated heterocycles. The molecule has 0 N–H and O–H groups in total. The van der Waals surface area contributed by atoms with E-state index in [-0.39, 0.29) is 0 Å². The summed E-state index contributed by atoms with van der Waals surface area (Å²) in [7, 11) is 1.67. The van der Waals surface area contributed by atoms with Crippen molar-refractivity contribution in [2.24, 2.45) is 0 Å². The van der Waals surface area contributed by atoms with Crippen LogP contribution < -0.4 is 14.2 Å². The summed E-state index contributed by atoms with van der Waals surface area (Å²) in [5.74, 6) is 3.30. The second-order valence-corrected chi connectivity index (χ2v) is 9.00. The fraction of sp³-hybridized carbons (Fsp3) is 0.219. The van der Waals surface area contributed by atoms with Crippen LogP contribution in [0.1, 0.15) is 24.2 Å². The first-order chi connectivity index (χ1) is 18.2. The van der Waals surface area contributed by atoms with E-state index >= 15 is 0 Å². The SMILES string of the molecule is C=CCc1ccc(OCCCCn2c(COc3ccc4ccccc4c3)nc3ccccc32)c(OC)c1. The fourth-order valence-corrected chi connectivity index (χ4v) is 4.57. The Kier molecular flexibility index (Phi) is 7.70. The molecule has 0 aliphatic carbocycles. The fourth-order valence-electron chi connectivity index (χ4n) is 4.57. The molecule has 37 heavy (non-hydrogen) atoms. The van der Waals surface area contributed by atoms with Gasteiger partial charge in [-0.2, -0.15) is 0 Å². The number of methoxy groups -OCH3 is 1. The van der Waals surface area contributed by atoms with Crippen LogP contribution in [-0.4, -0.2) is 23.3 Å². The monoisotopic (exact) mass is 492 g/mol. The van der Waals surface area contributed by atoms with Gasteiger partial charge in [-0.05, 0) is 72.0 Å². The van der Waals surface area contributed by atoms with Crippen molar-refractivity contribution in [1.82, 2.24) is 9.55 Å². The minimum Gasteiger partial charge on any atom is -0.493 e. The zero-order chi connectivity index (χ0) is 25.5. The second kappa shape index (κ2) is 11.7. The second-order valence-electron chi connectivity index (χ2n) is 9.00. The maximum absolute atomic E-state index is 6.18. The number of ether oxygens (including phenoxy) is 3. The van der Waals surface area contributed by atoms with E-state index in [9.17, 15) is 0 Å². The first-order valence-electron chi connectivity index (χ1n) is 12.7. The van der Waals surface area contributed by atoms with Gasteiger partial charge in [-0.3, -0.25) is 0 Å². The van der Waals surface area contributed by atoms with Crippen LogP contribution in [0.25, 0.3) is 21.8 Å². The smallest absolute Gasteiger partial charge is 0.161 e. The van der Waals surface area contributed by atoms with Crippen LogP contribution in [0.4, 0.5) is 0 Å². The molecule has 5 rings (SSSR count). The molecule has 0 unspecified atom stereocenters. The van der Waals surface area contributed by atoms with E-state index in [1.165, 1.54) is 10.8 Å². The van der Waals surface area contributed by atoms with Gasteiger partial charge in [0.25, 0.3) is 0 Å². The quantitative estimate of drug-likeness (QED) is 0.135. The summed E-state index contributed by atoms with van der Waals surface area (Å²) in [6.45, 7) is 5.68. The van der Waals surface area contributed by atoms with Gasteiger partial charge < -0.3 is 18.8 Å². The normalized spacial score (nSPS) is 11.1. The Morgan fingerprint density at radius 2 is 1.68 bits per heavy atom. The lowest BCUT2D eigenvalue weighted by atomic mass is 10.1. The zero-order valence-electron chi connectivity index (χ0n) is 21.2. The summed E-state index contributed by atoms with van der Waals surface area (Å²) in [5, 5.41) is 2.37. The molecule has 0 aliphatic heterocycles. The van der Waals surface area contributed by atoms with Crippen molar-refractivity contribution in [3.8, 4) is 17.2 Å². The third-order valence-electron chi connectivity index (χ3n) is 6.46. The van der Waals surface area contributed by atoms with E-state index in [1.807, 2.05) is 42.5 Å². The summed E-state index contributed by atoms with van der Waals surface area (Å²) < 4.78 is 20.0. The van der Waals surface area contributed by atoms with Gasteiger partial charge in [-0.1, -0.05) is 54.6 Å². The van der Waals surface area contributed by atoms with Crippen LogP contribution in [-0.2, 0) is 19.6 Å². The number of imidazole rings is 1. The molecule has 0 saturated carbocycles. The van der Waals surface area contributed by atoms with Crippen molar-refractivity contribution >= 4 is 21.8 Å². The predicted molar refractivity (Wildman–Crippen MR) is 150 cm³/mol. The first-order valence-corrected chi connectivity index (χ1v) is 12.7. The highest BCUT2D eigenvalue weighted by Gasteiger charge is 2.12. The van der Waals surface area contributed by atoms with Gasteiger partial charge in [0, 0.05) is 6.54 Å². The summed E-state index contributed by atoms with van der Waals surface area (Å²) in [6.07, 6.45) is 4.56. The van der Waals surface area contributed by atoms with Crippen molar-refractivity contribution in [2.75, 3.05) is 13.7 Å². The third kappa shape index (κ3) is 5.78. The molecule has 5 heteroatoms. The van der Waals surface area contributed by atoms with Crippen molar-refractivity contribution < 1.29 is 14.2 Å². The number of allylic oxidation sites excluding steroid dienone is 1. The van der Waals surface area contributed by atoms with Crippen molar-refractivity contribution in [1.29, 1.82) is 0 Å². The number of rotatable bonds is 12. The van der Waals surface area contributed by atoms with E-state index < -0.39 is 0 Å². The van der Waals surface area contributed by atoms with E-state index in [4.69, 9.17) is 19.2 Å². The molecule has 1 aromatic heterocycles. The first kappa shape index (κ1) is 24.4. The van der Waals surface area contributed by atoms with Gasteiger partial charge in [0.15, 0.2) is 11.5 Å². The maximum Gasteiger partial charge on any atom is 0.161 e. The average Bonchev–Trinajstić information content (AvgIpc) is 3.29. The lowest BCUT2D eigenvalue weighted by Crippen LogP contribution is -2.09. The maximum atomic E-state index is 6.18. The number of benzene rings is 4. The van der Waals surface area contributed by atoms with Gasteiger partial charge in [0.1, 0.15) is 18.2 Å². The number of aromatic nitrogens is 2. The van der Waals surface area contributed by atoms with Crippen LogP contribution in [0.5, 0.6) is 17.2 Å². The van der Waals surface area contributed by atoms with E-state index in [0.717, 1.165) is 65.5 Å². The van der Waals surface area contributed by atoms with Crippen LogP contribution in [0.3, 0.4) is 0 Å². The van der Waals surface area contributed by atoms with Crippen molar-refractivity contribution in [2.45, 2.75) is 32.4 Å². The summed E-state index contributed by atoms with van der Waals surface area (Å²) in [4.78, 5) is 4.87. The molecular formula is C32H32N2O3. The van der Waals surface area contributed by atoms with Crippen LogP contribution in [0, 0.1) is 0 Å². The average molecular weight is 493 g/mol. The Labute approximate surface area is 217 Å². The lowest BCUT2D eigenvalue weighted by Gasteiger charge is -2.13. The Hall–Kier alpha value is -4.25. The molecule has 0 spiro atoms. The molecule has 0 radical (unpaired) electrons. The molecular weight excluding hydrogens is 460 g/mol. The molecule has 1 heterocycles. The van der Waals surface area contributed by atoms with Crippen LogP contribution in [0.2, 0.25) is 0 Å². The lowest BCUT2D eigenvalue weighted by molar-refractivity contribution is 0.278. The summed E-state index contributed by atoms with van der Waals surface area (Å²) >= 11 is 0. The van der Waals surface area contributed by atoms with Crippen LogP contribution in [0.15, 0.2) is 97.6 Å². The van der Waals surface area contributed by atoms with E-state index in [1.54, 1.807) is 7.11 Å². The third-order valence-corrected chi connectivity index (χ3v) is 6.46. The highest BCUT2D eigenvalue weighted by molar-refractivity contribution is 5.83. The molecule has 0 bridgehead atoms. The molecule has 0 fully saturated rings. The number of hydrogen-bond donors (Lipinski definition) is 0. The van der Waals surface area contributed by atoms with Gasteiger partial charge >= 0.3 is 0 Å². The number of aryl methyl sites for hydroxylation is 1.